The van der Waals surface area contributed by atoms with Gasteiger partial charge in [0, 0.05) is 14.1 Å². The van der Waals surface area contributed by atoms with Crippen LogP contribution in [0.4, 0.5) is 0 Å². The van der Waals surface area contributed by atoms with E-state index in [1.165, 1.54) is 11.8 Å². The second kappa shape index (κ2) is 7.56. The van der Waals surface area contributed by atoms with Crippen molar-refractivity contribution in [3.63, 3.8) is 0 Å². The van der Waals surface area contributed by atoms with Gasteiger partial charge < -0.3 is 4.90 Å². The number of hydrogen-bond donors (Lipinski definition) is 0. The van der Waals surface area contributed by atoms with E-state index >= 15 is 0 Å². The van der Waals surface area contributed by atoms with Gasteiger partial charge in [0.05, 0.1) is 21.8 Å². The normalized spacial score (nSPS) is 12.2. The van der Waals surface area contributed by atoms with E-state index in [1.807, 2.05) is 57.2 Å². The standard InChI is InChI=1S/C21H23N3O2S/c1-13-9-8-12-18(14(13)2)24-20(26)16-10-6-7-11-17(16)22-21(24)27-15(3)19(25)23(4)5/h6-12,15H,1-5H3/t15-/m0/s1. The van der Waals surface area contributed by atoms with E-state index in [0.29, 0.717) is 16.1 Å². The summed E-state index contributed by atoms with van der Waals surface area (Å²) in [4.78, 5) is 31.9. The van der Waals surface area contributed by atoms with E-state index < -0.39 is 0 Å². The van der Waals surface area contributed by atoms with Crippen molar-refractivity contribution in [1.29, 1.82) is 0 Å². The highest BCUT2D eigenvalue weighted by molar-refractivity contribution is 8.00. The van der Waals surface area contributed by atoms with Gasteiger partial charge >= 0.3 is 0 Å². The summed E-state index contributed by atoms with van der Waals surface area (Å²) >= 11 is 1.31. The highest BCUT2D eigenvalue weighted by atomic mass is 32.2. The molecule has 0 unspecified atom stereocenters. The summed E-state index contributed by atoms with van der Waals surface area (Å²) in [5, 5.41) is 0.730. The molecule has 0 aliphatic rings. The summed E-state index contributed by atoms with van der Waals surface area (Å²) in [6, 6.07) is 13.2. The molecule has 0 spiro atoms. The first-order valence-electron chi connectivity index (χ1n) is 8.77. The van der Waals surface area contributed by atoms with Crippen molar-refractivity contribution in [2.75, 3.05) is 14.1 Å². The summed E-state index contributed by atoms with van der Waals surface area (Å²) in [7, 11) is 3.45. The molecule has 0 radical (unpaired) electrons. The van der Waals surface area contributed by atoms with Crippen LogP contribution in [0, 0.1) is 13.8 Å². The molecule has 0 fully saturated rings. The van der Waals surface area contributed by atoms with E-state index in [4.69, 9.17) is 4.98 Å². The SMILES string of the molecule is Cc1cccc(-n2c(S[C@@H](C)C(=O)N(C)C)nc3ccccc3c2=O)c1C. The van der Waals surface area contributed by atoms with Crippen LogP contribution in [0.2, 0.25) is 0 Å². The van der Waals surface area contributed by atoms with Crippen molar-refractivity contribution in [2.24, 2.45) is 0 Å². The molecule has 0 saturated heterocycles. The van der Waals surface area contributed by atoms with Crippen LogP contribution in [0.25, 0.3) is 16.6 Å². The number of amides is 1. The van der Waals surface area contributed by atoms with Crippen molar-refractivity contribution >= 4 is 28.6 Å². The van der Waals surface area contributed by atoms with Gasteiger partial charge in [-0.3, -0.25) is 14.2 Å². The lowest BCUT2D eigenvalue weighted by Crippen LogP contribution is -2.31. The van der Waals surface area contributed by atoms with Gasteiger partial charge in [-0.2, -0.15) is 0 Å². The van der Waals surface area contributed by atoms with E-state index in [9.17, 15) is 9.59 Å². The highest BCUT2D eigenvalue weighted by Gasteiger charge is 2.22. The molecule has 3 aromatic rings. The van der Waals surface area contributed by atoms with Crippen LogP contribution in [0.15, 0.2) is 52.4 Å². The van der Waals surface area contributed by atoms with Gasteiger partial charge in [-0.1, -0.05) is 36.0 Å². The van der Waals surface area contributed by atoms with Crippen molar-refractivity contribution < 1.29 is 4.79 Å². The number of rotatable bonds is 4. The zero-order valence-electron chi connectivity index (χ0n) is 16.2. The number of carbonyl (C=O) groups is 1. The first-order valence-corrected chi connectivity index (χ1v) is 9.65. The van der Waals surface area contributed by atoms with Gasteiger partial charge in [-0.05, 0) is 50.1 Å². The lowest BCUT2D eigenvalue weighted by atomic mass is 10.1. The van der Waals surface area contributed by atoms with E-state index in [-0.39, 0.29) is 16.7 Å². The van der Waals surface area contributed by atoms with Crippen LogP contribution < -0.4 is 5.56 Å². The number of fused-ring (bicyclic) bond motifs is 1. The fourth-order valence-electron chi connectivity index (χ4n) is 2.95. The van der Waals surface area contributed by atoms with Gasteiger partial charge in [0.1, 0.15) is 0 Å². The Hall–Kier alpha value is -2.60. The molecule has 1 heterocycles. The molecular formula is C21H23N3O2S. The van der Waals surface area contributed by atoms with Gasteiger partial charge in [0.2, 0.25) is 5.91 Å². The monoisotopic (exact) mass is 381 g/mol. The van der Waals surface area contributed by atoms with E-state index in [2.05, 4.69) is 0 Å². The molecule has 3 rings (SSSR count). The zero-order chi connectivity index (χ0) is 19.7. The minimum absolute atomic E-state index is 0.0186. The Balaban J connectivity index is 2.26. The Labute approximate surface area is 163 Å². The van der Waals surface area contributed by atoms with Crippen LogP contribution >= 0.6 is 11.8 Å². The van der Waals surface area contributed by atoms with Crippen LogP contribution in [0.1, 0.15) is 18.1 Å². The molecule has 0 aliphatic heterocycles. The minimum Gasteiger partial charge on any atom is -0.348 e. The molecule has 0 bridgehead atoms. The summed E-state index contributed by atoms with van der Waals surface area (Å²) in [6.07, 6.45) is 0. The Morgan fingerprint density at radius 2 is 1.81 bits per heavy atom. The minimum atomic E-state index is -0.357. The van der Waals surface area contributed by atoms with E-state index in [0.717, 1.165) is 16.8 Å². The number of hydrogen-bond acceptors (Lipinski definition) is 4. The second-order valence-corrected chi connectivity index (χ2v) is 8.07. The molecule has 1 aromatic heterocycles. The van der Waals surface area contributed by atoms with Crippen LogP contribution in [-0.2, 0) is 4.79 Å². The maximum atomic E-state index is 13.3. The van der Waals surface area contributed by atoms with Gasteiger partial charge in [-0.25, -0.2) is 4.98 Å². The van der Waals surface area contributed by atoms with Crippen molar-refractivity contribution in [2.45, 2.75) is 31.2 Å². The summed E-state index contributed by atoms with van der Waals surface area (Å²) in [5.74, 6) is -0.0186. The molecule has 140 valence electrons. The van der Waals surface area contributed by atoms with Crippen molar-refractivity contribution in [3.8, 4) is 5.69 Å². The highest BCUT2D eigenvalue weighted by Crippen LogP contribution is 2.27. The largest absolute Gasteiger partial charge is 0.348 e. The third-order valence-electron chi connectivity index (χ3n) is 4.63. The molecular weight excluding hydrogens is 358 g/mol. The molecule has 6 heteroatoms. The number of thioether (sulfide) groups is 1. The molecule has 5 nitrogen and oxygen atoms in total. The second-order valence-electron chi connectivity index (χ2n) is 6.76. The molecule has 0 saturated carbocycles. The summed E-state index contributed by atoms with van der Waals surface area (Å²) in [5.41, 5.74) is 3.42. The summed E-state index contributed by atoms with van der Waals surface area (Å²) in [6.45, 7) is 5.85. The van der Waals surface area contributed by atoms with Crippen molar-refractivity contribution in [3.05, 3.63) is 63.9 Å². The topological polar surface area (TPSA) is 55.2 Å². The maximum Gasteiger partial charge on any atom is 0.266 e. The number of carbonyl (C=O) groups excluding carboxylic acids is 1. The lowest BCUT2D eigenvalue weighted by Gasteiger charge is -2.20. The van der Waals surface area contributed by atoms with Gasteiger partial charge in [0.25, 0.3) is 5.56 Å². The number of aromatic nitrogens is 2. The number of aryl methyl sites for hydroxylation is 1. The summed E-state index contributed by atoms with van der Waals surface area (Å²) < 4.78 is 1.63. The van der Waals surface area contributed by atoms with Crippen LogP contribution in [0.3, 0.4) is 0 Å². The Bertz CT molecular complexity index is 1070. The third-order valence-corrected chi connectivity index (χ3v) is 5.67. The van der Waals surface area contributed by atoms with Gasteiger partial charge in [-0.15, -0.1) is 0 Å². The lowest BCUT2D eigenvalue weighted by molar-refractivity contribution is -0.127. The molecule has 1 amide bonds. The van der Waals surface area contributed by atoms with Crippen molar-refractivity contribution in [1.82, 2.24) is 14.5 Å². The Morgan fingerprint density at radius 1 is 1.11 bits per heavy atom. The van der Waals surface area contributed by atoms with Crippen LogP contribution in [0.5, 0.6) is 0 Å². The van der Waals surface area contributed by atoms with Gasteiger partial charge in [0.15, 0.2) is 5.16 Å². The molecule has 0 N–H and O–H groups in total. The smallest absolute Gasteiger partial charge is 0.266 e. The number of para-hydroxylation sites is 1. The average Bonchev–Trinajstić information content (AvgIpc) is 2.64. The molecule has 1 atom stereocenters. The molecule has 0 aliphatic carbocycles. The fourth-order valence-corrected chi connectivity index (χ4v) is 4.02. The Kier molecular flexibility index (Phi) is 5.37. The zero-order valence-corrected chi connectivity index (χ0v) is 17.0. The predicted molar refractivity (Wildman–Crippen MR) is 111 cm³/mol. The molecule has 27 heavy (non-hydrogen) atoms. The van der Waals surface area contributed by atoms with E-state index in [1.54, 1.807) is 29.6 Å². The first kappa shape index (κ1) is 19.2. The Morgan fingerprint density at radius 3 is 2.52 bits per heavy atom. The maximum absolute atomic E-state index is 13.3. The third kappa shape index (κ3) is 3.62. The predicted octanol–water partition coefficient (Wildman–Crippen LogP) is 3.57. The first-order chi connectivity index (χ1) is 12.8. The van der Waals surface area contributed by atoms with Crippen LogP contribution in [-0.4, -0.2) is 39.7 Å². The fraction of sp³-hybridized carbons (Fsp3) is 0.286. The number of nitrogens with zero attached hydrogens (tertiary/aromatic N) is 3. The quantitative estimate of drug-likeness (QED) is 0.512. The molecule has 2 aromatic carbocycles. The number of benzene rings is 2. The average molecular weight is 382 g/mol.